The summed E-state index contributed by atoms with van der Waals surface area (Å²) in [5, 5.41) is 0. The number of fused-ring (bicyclic) bond motifs is 5. The first-order valence-electron chi connectivity index (χ1n) is 14.3. The Labute approximate surface area is 213 Å². The summed E-state index contributed by atoms with van der Waals surface area (Å²) in [6.45, 7) is 0. The highest BCUT2D eigenvalue weighted by molar-refractivity contribution is 6.21. The van der Waals surface area contributed by atoms with E-state index in [9.17, 15) is 9.59 Å². The van der Waals surface area contributed by atoms with Gasteiger partial charge in [0.2, 0.25) is 0 Å². The third-order valence-corrected chi connectivity index (χ3v) is 9.95. The van der Waals surface area contributed by atoms with Crippen LogP contribution in [-0.2, 0) is 4.79 Å². The second-order valence-corrected chi connectivity index (χ2v) is 12.1. The maximum absolute atomic E-state index is 14.0. The van der Waals surface area contributed by atoms with E-state index in [1.54, 1.807) is 6.08 Å². The number of allylic oxidation sites excluding steroid dienone is 4. The first-order valence-corrected chi connectivity index (χ1v) is 14.3. The van der Waals surface area contributed by atoms with E-state index in [1.165, 1.54) is 57.8 Å². The molecule has 4 bridgehead atoms. The molecular weight excluding hydrogens is 446 g/mol. The summed E-state index contributed by atoms with van der Waals surface area (Å²) in [5.74, 6) is 1.86. The largest absolute Gasteiger partial charge is 0.302 e. The fourth-order valence-corrected chi connectivity index (χ4v) is 8.58. The number of nitrogens with zero attached hydrogens (tertiary/aromatic N) is 3. The van der Waals surface area contributed by atoms with Gasteiger partial charge in [-0.25, -0.2) is 4.98 Å². The lowest BCUT2D eigenvalue weighted by Gasteiger charge is -2.55. The van der Waals surface area contributed by atoms with Crippen LogP contribution in [0.5, 0.6) is 0 Å². The second-order valence-electron chi connectivity index (χ2n) is 12.1. The SMILES string of the molecule is O=C1CC=CC=C1c1nc2ccccc2n(C2CC3CCCC(C2)N3C2CC3CCCC(C3)C2)c1=O. The van der Waals surface area contributed by atoms with Crippen molar-refractivity contribution < 1.29 is 4.79 Å². The number of benzene rings is 1. The molecule has 4 fully saturated rings. The molecule has 0 amide bonds. The average Bonchev–Trinajstić information content (AvgIpc) is 2.88. The molecule has 5 aliphatic rings. The smallest absolute Gasteiger partial charge is 0.277 e. The molecule has 1 aromatic carbocycles. The molecule has 3 aliphatic carbocycles. The average molecular weight is 484 g/mol. The van der Waals surface area contributed by atoms with Crippen LogP contribution in [0.15, 0.2) is 47.3 Å². The van der Waals surface area contributed by atoms with Crippen molar-refractivity contribution in [2.75, 3.05) is 0 Å². The maximum atomic E-state index is 14.0. The predicted octanol–water partition coefficient (Wildman–Crippen LogP) is 5.84. The number of hydrogen-bond acceptors (Lipinski definition) is 4. The number of carbonyl (C=O) groups is 1. The Morgan fingerprint density at radius 1 is 0.778 bits per heavy atom. The van der Waals surface area contributed by atoms with Gasteiger partial charge in [0.05, 0.1) is 11.0 Å². The zero-order valence-electron chi connectivity index (χ0n) is 21.1. The molecule has 0 radical (unpaired) electrons. The molecule has 2 aliphatic heterocycles. The third kappa shape index (κ3) is 3.82. The second kappa shape index (κ2) is 9.09. The molecule has 7 rings (SSSR count). The molecule has 36 heavy (non-hydrogen) atoms. The summed E-state index contributed by atoms with van der Waals surface area (Å²) < 4.78 is 2.03. The van der Waals surface area contributed by atoms with Crippen LogP contribution in [0.3, 0.4) is 0 Å². The summed E-state index contributed by atoms with van der Waals surface area (Å²) in [6, 6.07) is 10.0. The van der Waals surface area contributed by atoms with Crippen LogP contribution in [0.4, 0.5) is 0 Å². The van der Waals surface area contributed by atoms with Crippen molar-refractivity contribution >= 4 is 22.4 Å². The van der Waals surface area contributed by atoms with Crippen molar-refractivity contribution in [3.05, 3.63) is 58.5 Å². The van der Waals surface area contributed by atoms with E-state index in [0.29, 0.717) is 29.8 Å². The number of ketones is 1. The quantitative estimate of drug-likeness (QED) is 0.551. The van der Waals surface area contributed by atoms with E-state index in [-0.39, 0.29) is 17.4 Å². The van der Waals surface area contributed by atoms with Crippen LogP contribution in [0.25, 0.3) is 16.6 Å². The number of para-hydroxylation sites is 2. The van der Waals surface area contributed by atoms with Crippen molar-refractivity contribution in [2.24, 2.45) is 11.8 Å². The zero-order valence-corrected chi connectivity index (χ0v) is 21.1. The monoisotopic (exact) mass is 483 g/mol. The highest BCUT2D eigenvalue weighted by Gasteiger charge is 2.45. The standard InChI is InChI=1S/C31H37N3O2/c35-29-14-4-1-11-26(29)30-31(36)34(28-13-3-2-12-27(28)32-30)25-18-22-9-6-10-23(19-25)33(22)24-16-20-7-5-8-21(15-20)17-24/h1-4,11-13,20-25H,5-10,14-19H2. The summed E-state index contributed by atoms with van der Waals surface area (Å²) in [6.07, 6.45) is 20.2. The van der Waals surface area contributed by atoms with E-state index in [1.807, 2.05) is 41.0 Å². The van der Waals surface area contributed by atoms with E-state index >= 15 is 0 Å². The Morgan fingerprint density at radius 3 is 2.25 bits per heavy atom. The Morgan fingerprint density at radius 2 is 1.50 bits per heavy atom. The van der Waals surface area contributed by atoms with Crippen LogP contribution in [0, 0.1) is 11.8 Å². The molecule has 2 saturated heterocycles. The molecule has 5 nitrogen and oxygen atoms in total. The van der Waals surface area contributed by atoms with Crippen LogP contribution < -0.4 is 5.56 Å². The van der Waals surface area contributed by atoms with Gasteiger partial charge in [-0.05, 0) is 75.0 Å². The lowest BCUT2D eigenvalue weighted by Crippen LogP contribution is -2.58. The van der Waals surface area contributed by atoms with Gasteiger partial charge in [0.15, 0.2) is 5.78 Å². The summed E-state index contributed by atoms with van der Waals surface area (Å²) in [4.78, 5) is 34.4. The molecule has 0 N–H and O–H groups in total. The maximum Gasteiger partial charge on any atom is 0.277 e. The number of aromatic nitrogens is 2. The van der Waals surface area contributed by atoms with Gasteiger partial charge in [-0.1, -0.05) is 50.0 Å². The molecule has 5 heteroatoms. The van der Waals surface area contributed by atoms with Gasteiger partial charge < -0.3 is 4.57 Å². The van der Waals surface area contributed by atoms with Crippen molar-refractivity contribution in [3.8, 4) is 0 Å². The number of carbonyl (C=O) groups excluding carboxylic acids is 1. The fourth-order valence-electron chi connectivity index (χ4n) is 8.58. The van der Waals surface area contributed by atoms with Crippen LogP contribution in [0.2, 0.25) is 0 Å². The van der Waals surface area contributed by atoms with Crippen LogP contribution >= 0.6 is 0 Å². The van der Waals surface area contributed by atoms with E-state index in [0.717, 1.165) is 41.8 Å². The number of rotatable bonds is 3. The van der Waals surface area contributed by atoms with Gasteiger partial charge in [-0.15, -0.1) is 0 Å². The molecule has 2 saturated carbocycles. The number of piperidine rings is 2. The lowest BCUT2D eigenvalue weighted by atomic mass is 9.68. The van der Waals surface area contributed by atoms with Gasteiger partial charge in [-0.3, -0.25) is 14.5 Å². The molecule has 4 unspecified atom stereocenters. The number of Topliss-reactive ketones (excluding diaryl/α,β-unsaturated/α-hetero) is 1. The summed E-state index contributed by atoms with van der Waals surface area (Å²) in [7, 11) is 0. The van der Waals surface area contributed by atoms with Gasteiger partial charge >= 0.3 is 0 Å². The highest BCUT2D eigenvalue weighted by atomic mass is 16.1. The predicted molar refractivity (Wildman–Crippen MR) is 143 cm³/mol. The van der Waals surface area contributed by atoms with Crippen molar-refractivity contribution in [2.45, 2.75) is 101 Å². The van der Waals surface area contributed by atoms with E-state index in [2.05, 4.69) is 4.90 Å². The molecule has 4 atom stereocenters. The van der Waals surface area contributed by atoms with Gasteiger partial charge in [-0.2, -0.15) is 0 Å². The first-order chi connectivity index (χ1) is 17.7. The van der Waals surface area contributed by atoms with Gasteiger partial charge in [0.1, 0.15) is 5.69 Å². The Hall–Kier alpha value is -2.53. The molecule has 0 spiro atoms. The minimum absolute atomic E-state index is 0.0153. The molecule has 188 valence electrons. The van der Waals surface area contributed by atoms with Gasteiger partial charge in [0.25, 0.3) is 5.56 Å². The first kappa shape index (κ1) is 22.7. The van der Waals surface area contributed by atoms with Crippen molar-refractivity contribution in [1.82, 2.24) is 14.5 Å². The fraction of sp³-hybridized carbons (Fsp3) is 0.581. The molecule has 2 aromatic rings. The normalized spacial score (nSPS) is 34.6. The Kier molecular flexibility index (Phi) is 5.72. The minimum atomic E-state index is -0.0904. The molecule has 1 aromatic heterocycles. The highest BCUT2D eigenvalue weighted by Crippen LogP contribution is 2.47. The molecular formula is C31H37N3O2. The van der Waals surface area contributed by atoms with Crippen molar-refractivity contribution in [3.63, 3.8) is 0 Å². The summed E-state index contributed by atoms with van der Waals surface area (Å²) in [5.41, 5.74) is 2.42. The van der Waals surface area contributed by atoms with Crippen molar-refractivity contribution in [1.29, 1.82) is 0 Å². The van der Waals surface area contributed by atoms with Crippen LogP contribution in [0.1, 0.15) is 88.8 Å². The summed E-state index contributed by atoms with van der Waals surface area (Å²) >= 11 is 0. The van der Waals surface area contributed by atoms with Crippen LogP contribution in [-0.4, -0.2) is 38.4 Å². The molecule has 3 heterocycles. The third-order valence-electron chi connectivity index (χ3n) is 9.95. The topological polar surface area (TPSA) is 55.2 Å². The van der Waals surface area contributed by atoms with E-state index < -0.39 is 0 Å². The lowest BCUT2D eigenvalue weighted by molar-refractivity contribution is -0.113. The Bertz CT molecular complexity index is 1280. The van der Waals surface area contributed by atoms with Gasteiger partial charge in [0, 0.05) is 36.2 Å². The zero-order chi connectivity index (χ0) is 24.2. The number of hydrogen-bond donors (Lipinski definition) is 0. The Balaban J connectivity index is 1.26. The van der Waals surface area contributed by atoms with E-state index in [4.69, 9.17) is 4.98 Å². The minimum Gasteiger partial charge on any atom is -0.302 e.